The van der Waals surface area contributed by atoms with Gasteiger partial charge in [0.15, 0.2) is 0 Å². The van der Waals surface area contributed by atoms with Gasteiger partial charge in [-0.05, 0) is 31.9 Å². The summed E-state index contributed by atoms with van der Waals surface area (Å²) in [5, 5.41) is 10.3. The molecule has 1 fully saturated rings. The van der Waals surface area contributed by atoms with E-state index in [4.69, 9.17) is 0 Å². The predicted molar refractivity (Wildman–Crippen MR) is 69.4 cm³/mol. The fraction of sp³-hybridized carbons (Fsp3) is 0.571. The highest BCUT2D eigenvalue weighted by Crippen LogP contribution is 2.30. The van der Waals surface area contributed by atoms with E-state index < -0.39 is 5.60 Å². The molecule has 1 aromatic heterocycles. The average Bonchev–Trinajstić information content (AvgIpc) is 2.75. The highest BCUT2D eigenvalue weighted by Gasteiger charge is 2.33. The summed E-state index contributed by atoms with van der Waals surface area (Å²) in [6, 6.07) is 3.54. The molecule has 98 valence electrons. The van der Waals surface area contributed by atoms with E-state index in [1.807, 2.05) is 6.92 Å². The molecule has 1 heterocycles. The maximum atomic E-state index is 12.3. The summed E-state index contributed by atoms with van der Waals surface area (Å²) in [6.07, 6.45) is 5.35. The van der Waals surface area contributed by atoms with Crippen LogP contribution in [0.2, 0.25) is 0 Å². The third-order valence-corrected chi connectivity index (χ3v) is 3.65. The van der Waals surface area contributed by atoms with Crippen LogP contribution in [-0.4, -0.2) is 40.1 Å². The lowest BCUT2D eigenvalue weighted by Gasteiger charge is -2.28. The first-order valence-electron chi connectivity index (χ1n) is 6.41. The van der Waals surface area contributed by atoms with Gasteiger partial charge in [0.1, 0.15) is 0 Å². The molecule has 0 saturated heterocycles. The summed E-state index contributed by atoms with van der Waals surface area (Å²) in [4.78, 5) is 18.0. The number of likely N-dealkylation sites (N-methyl/N-ethyl adjacent to an activating group) is 1. The minimum absolute atomic E-state index is 0.0686. The fourth-order valence-electron chi connectivity index (χ4n) is 2.62. The molecule has 1 aliphatic carbocycles. The Morgan fingerprint density at radius 3 is 2.78 bits per heavy atom. The van der Waals surface area contributed by atoms with Crippen molar-refractivity contribution >= 4 is 5.91 Å². The van der Waals surface area contributed by atoms with Gasteiger partial charge in [-0.15, -0.1) is 0 Å². The van der Waals surface area contributed by atoms with Crippen LogP contribution in [0.3, 0.4) is 0 Å². The number of pyridine rings is 1. The van der Waals surface area contributed by atoms with Crippen LogP contribution in [0.5, 0.6) is 0 Å². The molecule has 1 aromatic rings. The molecule has 4 heteroatoms. The van der Waals surface area contributed by atoms with Gasteiger partial charge in [-0.3, -0.25) is 9.78 Å². The van der Waals surface area contributed by atoms with E-state index in [0.29, 0.717) is 12.1 Å². The summed E-state index contributed by atoms with van der Waals surface area (Å²) in [5.41, 5.74) is 0.648. The Balaban J connectivity index is 2.07. The molecule has 0 radical (unpaired) electrons. The molecular weight excluding hydrogens is 228 g/mol. The largest absolute Gasteiger partial charge is 0.388 e. The van der Waals surface area contributed by atoms with Crippen LogP contribution < -0.4 is 0 Å². The molecule has 1 saturated carbocycles. The van der Waals surface area contributed by atoms with Crippen LogP contribution in [-0.2, 0) is 0 Å². The van der Waals surface area contributed by atoms with Gasteiger partial charge >= 0.3 is 0 Å². The standard InChI is InChI=1S/C14H20N2O2/c1-11-12(6-5-9-15-11)13(17)16(2)10-14(18)7-3-4-8-14/h5-6,9,18H,3-4,7-8,10H2,1-2H3. The minimum Gasteiger partial charge on any atom is -0.388 e. The van der Waals surface area contributed by atoms with Gasteiger partial charge in [0.2, 0.25) is 0 Å². The highest BCUT2D eigenvalue weighted by molar-refractivity contribution is 5.95. The number of aliphatic hydroxyl groups is 1. The molecule has 1 amide bonds. The second-order valence-corrected chi connectivity index (χ2v) is 5.23. The van der Waals surface area contributed by atoms with Crippen molar-refractivity contribution in [3.63, 3.8) is 0 Å². The molecule has 0 spiro atoms. The molecule has 1 N–H and O–H groups in total. The van der Waals surface area contributed by atoms with E-state index in [0.717, 1.165) is 31.4 Å². The maximum Gasteiger partial charge on any atom is 0.255 e. The number of aromatic nitrogens is 1. The smallest absolute Gasteiger partial charge is 0.255 e. The van der Waals surface area contributed by atoms with Crippen LogP contribution in [0, 0.1) is 6.92 Å². The monoisotopic (exact) mass is 248 g/mol. The van der Waals surface area contributed by atoms with Crippen molar-refractivity contribution in [3.05, 3.63) is 29.6 Å². The first kappa shape index (κ1) is 13.0. The number of aryl methyl sites for hydroxylation is 1. The first-order valence-corrected chi connectivity index (χ1v) is 6.41. The van der Waals surface area contributed by atoms with Gasteiger partial charge in [-0.1, -0.05) is 12.8 Å². The topological polar surface area (TPSA) is 53.4 Å². The Hall–Kier alpha value is -1.42. The zero-order valence-electron chi connectivity index (χ0n) is 11.0. The number of hydrogen-bond donors (Lipinski definition) is 1. The number of rotatable bonds is 3. The second kappa shape index (κ2) is 5.06. The number of hydrogen-bond acceptors (Lipinski definition) is 3. The molecule has 0 bridgehead atoms. The lowest BCUT2D eigenvalue weighted by Crippen LogP contribution is -2.42. The third kappa shape index (κ3) is 2.70. The minimum atomic E-state index is -0.694. The lowest BCUT2D eigenvalue weighted by atomic mass is 10.0. The summed E-state index contributed by atoms with van der Waals surface area (Å²) < 4.78 is 0. The van der Waals surface area contributed by atoms with Gasteiger partial charge < -0.3 is 10.0 Å². The first-order chi connectivity index (χ1) is 8.52. The maximum absolute atomic E-state index is 12.3. The summed E-state index contributed by atoms with van der Waals surface area (Å²) in [7, 11) is 1.74. The van der Waals surface area contributed by atoms with Crippen molar-refractivity contribution < 1.29 is 9.90 Å². The van der Waals surface area contributed by atoms with Crippen LogP contribution >= 0.6 is 0 Å². The van der Waals surface area contributed by atoms with E-state index in [9.17, 15) is 9.90 Å². The summed E-state index contributed by atoms with van der Waals surface area (Å²) in [5.74, 6) is -0.0686. The van der Waals surface area contributed by atoms with E-state index >= 15 is 0 Å². The van der Waals surface area contributed by atoms with E-state index in [-0.39, 0.29) is 5.91 Å². The molecule has 2 rings (SSSR count). The van der Waals surface area contributed by atoms with Crippen molar-refractivity contribution in [1.29, 1.82) is 0 Å². The fourth-order valence-corrected chi connectivity index (χ4v) is 2.62. The SMILES string of the molecule is Cc1ncccc1C(=O)N(C)CC1(O)CCCC1. The van der Waals surface area contributed by atoms with E-state index in [1.54, 1.807) is 30.3 Å². The van der Waals surface area contributed by atoms with Crippen LogP contribution in [0.4, 0.5) is 0 Å². The van der Waals surface area contributed by atoms with Crippen molar-refractivity contribution in [2.75, 3.05) is 13.6 Å². The van der Waals surface area contributed by atoms with Gasteiger partial charge in [0.05, 0.1) is 11.2 Å². The van der Waals surface area contributed by atoms with E-state index in [1.165, 1.54) is 0 Å². The average molecular weight is 248 g/mol. The van der Waals surface area contributed by atoms with Crippen molar-refractivity contribution in [2.45, 2.75) is 38.2 Å². The molecule has 4 nitrogen and oxygen atoms in total. The Morgan fingerprint density at radius 2 is 2.17 bits per heavy atom. The molecule has 0 unspecified atom stereocenters. The molecule has 1 aliphatic rings. The van der Waals surface area contributed by atoms with Crippen molar-refractivity contribution in [3.8, 4) is 0 Å². The summed E-state index contributed by atoms with van der Waals surface area (Å²) >= 11 is 0. The molecule has 0 aliphatic heterocycles. The zero-order chi connectivity index (χ0) is 13.2. The Labute approximate surface area is 108 Å². The quantitative estimate of drug-likeness (QED) is 0.887. The number of amides is 1. The Kier molecular flexibility index (Phi) is 3.66. The molecule has 0 atom stereocenters. The van der Waals surface area contributed by atoms with Crippen molar-refractivity contribution in [2.24, 2.45) is 0 Å². The van der Waals surface area contributed by atoms with Gasteiger partial charge in [-0.25, -0.2) is 0 Å². The molecule has 0 aromatic carbocycles. The molecule has 18 heavy (non-hydrogen) atoms. The molecular formula is C14H20N2O2. The second-order valence-electron chi connectivity index (χ2n) is 5.23. The van der Waals surface area contributed by atoms with Crippen LogP contribution in [0.1, 0.15) is 41.7 Å². The highest BCUT2D eigenvalue weighted by atomic mass is 16.3. The van der Waals surface area contributed by atoms with Crippen LogP contribution in [0.15, 0.2) is 18.3 Å². The van der Waals surface area contributed by atoms with Gasteiger partial charge in [0, 0.05) is 25.5 Å². The van der Waals surface area contributed by atoms with Crippen molar-refractivity contribution in [1.82, 2.24) is 9.88 Å². The summed E-state index contributed by atoms with van der Waals surface area (Å²) in [6.45, 7) is 2.23. The Morgan fingerprint density at radius 1 is 1.50 bits per heavy atom. The lowest BCUT2D eigenvalue weighted by molar-refractivity contribution is 0.0156. The number of carbonyl (C=O) groups is 1. The third-order valence-electron chi connectivity index (χ3n) is 3.65. The predicted octanol–water partition coefficient (Wildman–Crippen LogP) is 1.77. The van der Waals surface area contributed by atoms with E-state index in [2.05, 4.69) is 4.98 Å². The van der Waals surface area contributed by atoms with Gasteiger partial charge in [0.25, 0.3) is 5.91 Å². The zero-order valence-corrected chi connectivity index (χ0v) is 11.0. The normalized spacial score (nSPS) is 17.7. The van der Waals surface area contributed by atoms with Crippen LogP contribution in [0.25, 0.3) is 0 Å². The number of nitrogens with zero attached hydrogens (tertiary/aromatic N) is 2. The Bertz CT molecular complexity index is 439. The number of carbonyl (C=O) groups excluding carboxylic acids is 1. The van der Waals surface area contributed by atoms with Gasteiger partial charge in [-0.2, -0.15) is 0 Å².